The first-order valence-electron chi connectivity index (χ1n) is 7.11. The van der Waals surface area contributed by atoms with Gasteiger partial charge in [-0.05, 0) is 34.7 Å². The van der Waals surface area contributed by atoms with Gasteiger partial charge in [0.25, 0.3) is 0 Å². The van der Waals surface area contributed by atoms with E-state index >= 15 is 0 Å². The zero-order valence-corrected chi connectivity index (χ0v) is 12.8. The van der Waals surface area contributed by atoms with Crippen molar-refractivity contribution in [3.05, 3.63) is 65.2 Å². The van der Waals surface area contributed by atoms with E-state index in [0.29, 0.717) is 5.92 Å². The van der Waals surface area contributed by atoms with Gasteiger partial charge in [-0.1, -0.05) is 50.2 Å². The molecule has 0 spiro atoms. The summed E-state index contributed by atoms with van der Waals surface area (Å²) in [4.78, 5) is 2.09. The Morgan fingerprint density at radius 3 is 1.55 bits per heavy atom. The van der Waals surface area contributed by atoms with Crippen LogP contribution >= 0.6 is 0 Å². The van der Waals surface area contributed by atoms with Gasteiger partial charge in [0.2, 0.25) is 0 Å². The van der Waals surface area contributed by atoms with Crippen LogP contribution in [0.15, 0.2) is 48.5 Å². The SMILES string of the molecule is CC(C)c1ccc(C(N)c2ccc(N(C)C)cc2)cc1. The maximum Gasteiger partial charge on any atom is 0.0551 e. The quantitative estimate of drug-likeness (QED) is 0.910. The lowest BCUT2D eigenvalue weighted by Gasteiger charge is -2.17. The van der Waals surface area contributed by atoms with E-state index in [1.54, 1.807) is 0 Å². The minimum absolute atomic E-state index is 0.0626. The maximum atomic E-state index is 6.36. The number of anilines is 1. The lowest BCUT2D eigenvalue weighted by Crippen LogP contribution is -2.13. The van der Waals surface area contributed by atoms with Crippen LogP contribution in [0.3, 0.4) is 0 Å². The van der Waals surface area contributed by atoms with Gasteiger partial charge in [0.1, 0.15) is 0 Å². The Labute approximate surface area is 122 Å². The van der Waals surface area contributed by atoms with Crippen molar-refractivity contribution in [2.45, 2.75) is 25.8 Å². The van der Waals surface area contributed by atoms with Crippen LogP contribution in [0.5, 0.6) is 0 Å². The van der Waals surface area contributed by atoms with E-state index in [0.717, 1.165) is 11.1 Å². The van der Waals surface area contributed by atoms with Crippen LogP contribution in [0, 0.1) is 0 Å². The molecule has 0 aliphatic heterocycles. The van der Waals surface area contributed by atoms with E-state index in [1.165, 1.54) is 11.3 Å². The molecule has 2 heteroatoms. The zero-order chi connectivity index (χ0) is 14.7. The monoisotopic (exact) mass is 268 g/mol. The van der Waals surface area contributed by atoms with E-state index in [9.17, 15) is 0 Å². The predicted molar refractivity (Wildman–Crippen MR) is 87.3 cm³/mol. The van der Waals surface area contributed by atoms with Gasteiger partial charge in [-0.3, -0.25) is 0 Å². The normalized spacial score (nSPS) is 12.5. The summed E-state index contributed by atoms with van der Waals surface area (Å²) in [5.74, 6) is 0.555. The summed E-state index contributed by atoms with van der Waals surface area (Å²) < 4.78 is 0. The summed E-state index contributed by atoms with van der Waals surface area (Å²) in [5, 5.41) is 0. The Kier molecular flexibility index (Phi) is 4.46. The Balaban J connectivity index is 2.19. The van der Waals surface area contributed by atoms with Gasteiger partial charge in [0.05, 0.1) is 6.04 Å². The van der Waals surface area contributed by atoms with E-state index in [-0.39, 0.29) is 6.04 Å². The summed E-state index contributed by atoms with van der Waals surface area (Å²) in [6.07, 6.45) is 0. The topological polar surface area (TPSA) is 29.3 Å². The number of benzene rings is 2. The first-order chi connectivity index (χ1) is 9.49. The summed E-state index contributed by atoms with van der Waals surface area (Å²) in [5.41, 5.74) is 11.2. The van der Waals surface area contributed by atoms with Gasteiger partial charge in [-0.2, -0.15) is 0 Å². The number of rotatable bonds is 4. The third-order valence-electron chi connectivity index (χ3n) is 3.73. The predicted octanol–water partition coefficient (Wildman–Crippen LogP) is 3.92. The lowest BCUT2D eigenvalue weighted by atomic mass is 9.96. The first kappa shape index (κ1) is 14.6. The maximum absolute atomic E-state index is 6.36. The molecule has 0 radical (unpaired) electrons. The van der Waals surface area contributed by atoms with Crippen molar-refractivity contribution in [2.75, 3.05) is 19.0 Å². The molecule has 1 atom stereocenters. The Morgan fingerprint density at radius 1 is 0.750 bits per heavy atom. The Morgan fingerprint density at radius 2 is 1.15 bits per heavy atom. The molecule has 0 heterocycles. The van der Waals surface area contributed by atoms with Crippen molar-refractivity contribution < 1.29 is 0 Å². The minimum Gasteiger partial charge on any atom is -0.378 e. The summed E-state index contributed by atoms with van der Waals surface area (Å²) in [6, 6.07) is 17.0. The van der Waals surface area contributed by atoms with Gasteiger partial charge < -0.3 is 10.6 Å². The molecule has 106 valence electrons. The summed E-state index contributed by atoms with van der Waals surface area (Å²) in [7, 11) is 4.08. The average Bonchev–Trinajstić information content (AvgIpc) is 2.46. The van der Waals surface area contributed by atoms with Crippen molar-refractivity contribution >= 4 is 5.69 Å². The molecule has 2 rings (SSSR count). The second kappa shape index (κ2) is 6.10. The van der Waals surface area contributed by atoms with E-state index in [1.807, 2.05) is 14.1 Å². The van der Waals surface area contributed by atoms with Gasteiger partial charge in [-0.25, -0.2) is 0 Å². The van der Waals surface area contributed by atoms with Crippen LogP contribution < -0.4 is 10.6 Å². The molecule has 0 bridgehead atoms. The summed E-state index contributed by atoms with van der Waals surface area (Å²) in [6.45, 7) is 4.41. The smallest absolute Gasteiger partial charge is 0.0551 e. The third kappa shape index (κ3) is 3.20. The number of hydrogen-bond acceptors (Lipinski definition) is 2. The standard InChI is InChI=1S/C18H24N2/c1-13(2)14-5-7-15(8-6-14)18(19)16-9-11-17(12-10-16)20(3)4/h5-13,18H,19H2,1-4H3. The van der Waals surface area contributed by atoms with Crippen LogP contribution in [0.2, 0.25) is 0 Å². The first-order valence-corrected chi connectivity index (χ1v) is 7.11. The molecule has 0 fully saturated rings. The fraction of sp³-hybridized carbons (Fsp3) is 0.333. The number of nitrogens with two attached hydrogens (primary N) is 1. The number of hydrogen-bond donors (Lipinski definition) is 1. The molecule has 0 saturated heterocycles. The molecule has 2 N–H and O–H groups in total. The highest BCUT2D eigenvalue weighted by molar-refractivity contribution is 5.47. The molecule has 2 nitrogen and oxygen atoms in total. The molecule has 0 aliphatic rings. The largest absolute Gasteiger partial charge is 0.378 e. The van der Waals surface area contributed by atoms with Crippen LogP contribution in [0.4, 0.5) is 5.69 Å². The van der Waals surface area contributed by atoms with E-state index in [2.05, 4.69) is 67.3 Å². The van der Waals surface area contributed by atoms with Crippen molar-refractivity contribution in [2.24, 2.45) is 5.73 Å². The zero-order valence-electron chi connectivity index (χ0n) is 12.8. The van der Waals surface area contributed by atoms with Crippen molar-refractivity contribution in [1.82, 2.24) is 0 Å². The van der Waals surface area contributed by atoms with E-state index in [4.69, 9.17) is 5.73 Å². The van der Waals surface area contributed by atoms with Crippen molar-refractivity contribution in [1.29, 1.82) is 0 Å². The van der Waals surface area contributed by atoms with Crippen LogP contribution in [0.1, 0.15) is 42.5 Å². The molecule has 2 aromatic rings. The van der Waals surface area contributed by atoms with Crippen LogP contribution in [0.25, 0.3) is 0 Å². The minimum atomic E-state index is -0.0626. The highest BCUT2D eigenvalue weighted by atomic mass is 15.1. The molecule has 0 saturated carbocycles. The fourth-order valence-electron chi connectivity index (χ4n) is 2.26. The third-order valence-corrected chi connectivity index (χ3v) is 3.73. The molecule has 0 amide bonds. The van der Waals surface area contributed by atoms with Crippen molar-refractivity contribution in [3.63, 3.8) is 0 Å². The van der Waals surface area contributed by atoms with Gasteiger partial charge in [0, 0.05) is 19.8 Å². The molecular weight excluding hydrogens is 244 g/mol. The van der Waals surface area contributed by atoms with Gasteiger partial charge >= 0.3 is 0 Å². The summed E-state index contributed by atoms with van der Waals surface area (Å²) >= 11 is 0. The van der Waals surface area contributed by atoms with Crippen LogP contribution in [-0.4, -0.2) is 14.1 Å². The number of nitrogens with zero attached hydrogens (tertiary/aromatic N) is 1. The molecule has 0 aliphatic carbocycles. The highest BCUT2D eigenvalue weighted by Crippen LogP contribution is 2.24. The van der Waals surface area contributed by atoms with Gasteiger partial charge in [0.15, 0.2) is 0 Å². The Hall–Kier alpha value is -1.80. The lowest BCUT2D eigenvalue weighted by molar-refractivity contribution is 0.847. The molecular formula is C18H24N2. The second-order valence-corrected chi connectivity index (χ2v) is 5.78. The van der Waals surface area contributed by atoms with E-state index < -0.39 is 0 Å². The van der Waals surface area contributed by atoms with Crippen molar-refractivity contribution in [3.8, 4) is 0 Å². The molecule has 0 aromatic heterocycles. The average molecular weight is 268 g/mol. The molecule has 2 aromatic carbocycles. The fourth-order valence-corrected chi connectivity index (χ4v) is 2.26. The van der Waals surface area contributed by atoms with Crippen LogP contribution in [-0.2, 0) is 0 Å². The van der Waals surface area contributed by atoms with Gasteiger partial charge in [-0.15, -0.1) is 0 Å². The molecule has 1 unspecified atom stereocenters. The molecule has 20 heavy (non-hydrogen) atoms. The second-order valence-electron chi connectivity index (χ2n) is 5.78. The highest BCUT2D eigenvalue weighted by Gasteiger charge is 2.09. The Bertz CT molecular complexity index is 487.